The van der Waals surface area contributed by atoms with Crippen molar-refractivity contribution in [1.29, 1.82) is 0 Å². The molecule has 1 saturated heterocycles. The van der Waals surface area contributed by atoms with Crippen LogP contribution in [0.5, 0.6) is 11.5 Å². The van der Waals surface area contributed by atoms with Crippen molar-refractivity contribution in [2.24, 2.45) is 0 Å². The molecule has 3 rings (SSSR count). The van der Waals surface area contributed by atoms with Crippen LogP contribution in [0.4, 0.5) is 10.5 Å². The van der Waals surface area contributed by atoms with E-state index in [1.165, 1.54) is 4.90 Å². The summed E-state index contributed by atoms with van der Waals surface area (Å²) in [6, 6.07) is 14.9. The summed E-state index contributed by atoms with van der Waals surface area (Å²) in [4.78, 5) is 26.5. The molecule has 28 heavy (non-hydrogen) atoms. The maximum atomic E-state index is 12.6. The van der Waals surface area contributed by atoms with Crippen LogP contribution in [-0.4, -0.2) is 35.9 Å². The molecule has 0 spiro atoms. The van der Waals surface area contributed by atoms with E-state index in [0.717, 1.165) is 23.0 Å². The van der Waals surface area contributed by atoms with Gasteiger partial charge in [-0.05, 0) is 61.5 Å². The van der Waals surface area contributed by atoms with Gasteiger partial charge in [0.05, 0.1) is 24.8 Å². The molecule has 0 atom stereocenters. The Balaban J connectivity index is 1.74. The highest BCUT2D eigenvalue weighted by atomic mass is 32.2. The molecule has 146 valence electrons. The number of carbonyl (C=O) groups excluding carboxylic acids is 2. The molecule has 2 amide bonds. The van der Waals surface area contributed by atoms with E-state index >= 15 is 0 Å². The third-order valence-electron chi connectivity index (χ3n) is 3.95. The van der Waals surface area contributed by atoms with Gasteiger partial charge in [0, 0.05) is 5.69 Å². The van der Waals surface area contributed by atoms with Gasteiger partial charge >= 0.3 is 0 Å². The third-order valence-corrected chi connectivity index (χ3v) is 4.86. The fourth-order valence-corrected chi connectivity index (χ4v) is 3.51. The fourth-order valence-electron chi connectivity index (χ4n) is 2.67. The molecule has 0 radical (unpaired) electrons. The fraction of sp³-hybridized carbons (Fsp3) is 0.238. The number of hydrogen-bond donors (Lipinski definition) is 1. The monoisotopic (exact) mass is 398 g/mol. The summed E-state index contributed by atoms with van der Waals surface area (Å²) < 4.78 is 11.2. The molecule has 2 aromatic rings. The van der Waals surface area contributed by atoms with Crippen molar-refractivity contribution in [2.75, 3.05) is 25.2 Å². The summed E-state index contributed by atoms with van der Waals surface area (Å²) in [5.74, 6) is 0.954. The summed E-state index contributed by atoms with van der Waals surface area (Å²) in [5.41, 5.74) is 1.62. The molecule has 0 unspecified atom stereocenters. The Morgan fingerprint density at radius 2 is 1.71 bits per heavy atom. The minimum Gasteiger partial charge on any atom is -0.490 e. The van der Waals surface area contributed by atoms with Crippen molar-refractivity contribution in [2.45, 2.75) is 13.8 Å². The Labute approximate surface area is 168 Å². The van der Waals surface area contributed by atoms with Crippen LogP contribution in [0, 0.1) is 0 Å². The molecule has 0 saturated carbocycles. The molecule has 1 aliphatic heterocycles. The number of carbonyl (C=O) groups is 2. The topological polar surface area (TPSA) is 67.9 Å². The Kier molecular flexibility index (Phi) is 6.60. The summed E-state index contributed by atoms with van der Waals surface area (Å²) in [6.45, 7) is 4.97. The second-order valence-corrected chi connectivity index (χ2v) is 6.88. The van der Waals surface area contributed by atoms with E-state index < -0.39 is 0 Å². The first-order valence-corrected chi connectivity index (χ1v) is 9.88. The third kappa shape index (κ3) is 4.67. The number of anilines is 1. The molecule has 2 aromatic carbocycles. The lowest BCUT2D eigenvalue weighted by atomic mass is 10.2. The molecule has 1 N–H and O–H groups in total. The van der Waals surface area contributed by atoms with E-state index in [2.05, 4.69) is 5.32 Å². The van der Waals surface area contributed by atoms with Crippen molar-refractivity contribution >= 4 is 34.7 Å². The Bertz CT molecular complexity index is 883. The standard InChI is InChI=1S/C21H22N2O4S/c1-3-26-17-11-10-15(12-18(17)27-4-2)13-19-20(24)23(21(25)28-19)14-22-16-8-6-5-7-9-16/h5-13,22H,3-4,14H2,1-2H3/b19-13+. The Morgan fingerprint density at radius 1 is 1.00 bits per heavy atom. The van der Waals surface area contributed by atoms with E-state index in [1.807, 2.05) is 62.4 Å². The van der Waals surface area contributed by atoms with Gasteiger partial charge in [0.25, 0.3) is 11.1 Å². The van der Waals surface area contributed by atoms with Crippen molar-refractivity contribution in [3.8, 4) is 11.5 Å². The second kappa shape index (κ2) is 9.32. The number of thioether (sulfide) groups is 1. The van der Waals surface area contributed by atoms with Gasteiger partial charge in [0.2, 0.25) is 0 Å². The van der Waals surface area contributed by atoms with Crippen molar-refractivity contribution < 1.29 is 19.1 Å². The van der Waals surface area contributed by atoms with Crippen LogP contribution >= 0.6 is 11.8 Å². The number of amides is 2. The van der Waals surface area contributed by atoms with Crippen molar-refractivity contribution in [1.82, 2.24) is 4.90 Å². The van der Waals surface area contributed by atoms with Crippen LogP contribution in [-0.2, 0) is 4.79 Å². The zero-order valence-corrected chi connectivity index (χ0v) is 16.6. The molecule has 0 bridgehead atoms. The average molecular weight is 398 g/mol. The largest absolute Gasteiger partial charge is 0.490 e. The molecule has 1 fully saturated rings. The minimum atomic E-state index is -0.315. The van der Waals surface area contributed by atoms with Gasteiger partial charge < -0.3 is 14.8 Å². The van der Waals surface area contributed by atoms with Gasteiger partial charge in [-0.25, -0.2) is 0 Å². The lowest BCUT2D eigenvalue weighted by Crippen LogP contribution is -2.33. The van der Waals surface area contributed by atoms with Crippen molar-refractivity contribution in [3.63, 3.8) is 0 Å². The van der Waals surface area contributed by atoms with Gasteiger partial charge in [-0.2, -0.15) is 0 Å². The highest BCUT2D eigenvalue weighted by molar-refractivity contribution is 8.18. The maximum absolute atomic E-state index is 12.6. The van der Waals surface area contributed by atoms with Gasteiger partial charge in [-0.1, -0.05) is 24.3 Å². The molecule has 7 heteroatoms. The van der Waals surface area contributed by atoms with Crippen LogP contribution in [0.3, 0.4) is 0 Å². The summed E-state index contributed by atoms with van der Waals surface area (Å²) in [6.07, 6.45) is 1.70. The van der Waals surface area contributed by atoms with Crippen LogP contribution in [0.1, 0.15) is 19.4 Å². The van der Waals surface area contributed by atoms with Gasteiger partial charge in [-0.3, -0.25) is 14.5 Å². The maximum Gasteiger partial charge on any atom is 0.295 e. The highest BCUT2D eigenvalue weighted by Gasteiger charge is 2.34. The number of imide groups is 1. The number of ether oxygens (including phenoxy) is 2. The molecule has 1 heterocycles. The lowest BCUT2D eigenvalue weighted by molar-refractivity contribution is -0.122. The lowest BCUT2D eigenvalue weighted by Gasteiger charge is -2.14. The molecular weight excluding hydrogens is 376 g/mol. The Morgan fingerprint density at radius 3 is 2.43 bits per heavy atom. The summed E-state index contributed by atoms with van der Waals surface area (Å²) in [5, 5.41) is 2.79. The number of hydrogen-bond acceptors (Lipinski definition) is 6. The number of benzene rings is 2. The first-order chi connectivity index (χ1) is 13.6. The van der Waals surface area contributed by atoms with Crippen LogP contribution in [0.15, 0.2) is 53.4 Å². The first kappa shape index (κ1) is 19.8. The Hall–Kier alpha value is -2.93. The predicted octanol–water partition coefficient (Wildman–Crippen LogP) is 4.59. The average Bonchev–Trinajstić information content (AvgIpc) is 2.96. The highest BCUT2D eigenvalue weighted by Crippen LogP contribution is 2.34. The molecule has 1 aliphatic rings. The van der Waals surface area contributed by atoms with Gasteiger partial charge in [-0.15, -0.1) is 0 Å². The first-order valence-electron chi connectivity index (χ1n) is 9.06. The van der Waals surface area contributed by atoms with Crippen LogP contribution < -0.4 is 14.8 Å². The minimum absolute atomic E-state index is 0.124. The van der Waals surface area contributed by atoms with E-state index in [1.54, 1.807) is 6.08 Å². The van der Waals surface area contributed by atoms with E-state index in [0.29, 0.717) is 29.6 Å². The molecule has 6 nitrogen and oxygen atoms in total. The van der Waals surface area contributed by atoms with Gasteiger partial charge in [0.1, 0.15) is 0 Å². The molecule has 0 aliphatic carbocycles. The summed E-state index contributed by atoms with van der Waals surface area (Å²) >= 11 is 0.932. The van der Waals surface area contributed by atoms with Crippen LogP contribution in [0.2, 0.25) is 0 Å². The zero-order chi connectivity index (χ0) is 19.9. The van der Waals surface area contributed by atoms with Gasteiger partial charge in [0.15, 0.2) is 11.5 Å². The second-order valence-electron chi connectivity index (χ2n) is 5.88. The van der Waals surface area contributed by atoms with E-state index in [9.17, 15) is 9.59 Å². The molecular formula is C21H22N2O4S. The predicted molar refractivity (Wildman–Crippen MR) is 112 cm³/mol. The van der Waals surface area contributed by atoms with E-state index in [4.69, 9.17) is 9.47 Å². The number of nitrogens with zero attached hydrogens (tertiary/aromatic N) is 1. The quantitative estimate of drug-likeness (QED) is 0.656. The number of nitrogens with one attached hydrogen (secondary N) is 1. The smallest absolute Gasteiger partial charge is 0.295 e. The van der Waals surface area contributed by atoms with Crippen LogP contribution in [0.25, 0.3) is 6.08 Å². The number of rotatable bonds is 8. The normalized spacial score (nSPS) is 15.2. The SMILES string of the molecule is CCOc1ccc(/C=C2/SC(=O)N(CNc3ccccc3)C2=O)cc1OCC. The van der Waals surface area contributed by atoms with E-state index in [-0.39, 0.29) is 17.8 Å². The molecule has 0 aromatic heterocycles. The number of para-hydroxylation sites is 1. The van der Waals surface area contributed by atoms with Crippen molar-refractivity contribution in [3.05, 3.63) is 59.0 Å². The summed E-state index contributed by atoms with van der Waals surface area (Å²) in [7, 11) is 0. The zero-order valence-electron chi connectivity index (χ0n) is 15.8.